The van der Waals surface area contributed by atoms with Gasteiger partial charge >= 0.3 is 0 Å². The number of aromatic nitrogens is 2. The minimum Gasteiger partial charge on any atom is -0.394 e. The molecule has 0 unspecified atom stereocenters. The molecule has 1 aromatic carbocycles. The number of anilines is 1. The zero-order chi connectivity index (χ0) is 11.0. The van der Waals surface area contributed by atoms with Crippen LogP contribution in [-0.4, -0.2) is 9.78 Å². The smallest absolute Gasteiger partial charge is 0.149 e. The first kappa shape index (κ1) is 9.64. The summed E-state index contributed by atoms with van der Waals surface area (Å²) in [5.41, 5.74) is 5.76. The predicted octanol–water partition coefficient (Wildman–Crippen LogP) is 1.95. The topological polar surface area (TPSA) is 43.8 Å². The second-order valence-electron chi connectivity index (χ2n) is 3.19. The van der Waals surface area contributed by atoms with Crippen molar-refractivity contribution >= 4 is 5.69 Å². The first-order valence-electron chi connectivity index (χ1n) is 4.32. The third-order valence-corrected chi connectivity index (χ3v) is 2.20. The molecule has 0 amide bonds. The summed E-state index contributed by atoms with van der Waals surface area (Å²) in [5, 5.41) is 3.92. The van der Waals surface area contributed by atoms with Gasteiger partial charge < -0.3 is 5.73 Å². The summed E-state index contributed by atoms with van der Waals surface area (Å²) in [6.07, 6.45) is 1.56. The molecule has 1 heterocycles. The van der Waals surface area contributed by atoms with Crippen LogP contribution >= 0.6 is 0 Å². The summed E-state index contributed by atoms with van der Waals surface area (Å²) < 4.78 is 27.9. The first-order chi connectivity index (χ1) is 7.09. The van der Waals surface area contributed by atoms with Crippen molar-refractivity contribution in [2.24, 2.45) is 7.05 Å². The van der Waals surface area contributed by atoms with E-state index in [9.17, 15) is 8.78 Å². The van der Waals surface area contributed by atoms with Gasteiger partial charge in [0.25, 0.3) is 0 Å². The SMILES string of the molecule is Cn1nccc1-c1cc(F)c(N)c(F)c1. The molecule has 15 heavy (non-hydrogen) atoms. The fourth-order valence-electron chi connectivity index (χ4n) is 1.39. The van der Waals surface area contributed by atoms with Crippen LogP contribution in [0.25, 0.3) is 11.3 Å². The van der Waals surface area contributed by atoms with Crippen LogP contribution in [0.5, 0.6) is 0 Å². The van der Waals surface area contributed by atoms with Gasteiger partial charge in [0.05, 0.1) is 5.69 Å². The number of hydrogen-bond acceptors (Lipinski definition) is 2. The number of nitrogen functional groups attached to an aromatic ring is 1. The summed E-state index contributed by atoms with van der Waals surface area (Å²) in [6, 6.07) is 4.05. The van der Waals surface area contributed by atoms with E-state index in [1.165, 1.54) is 16.8 Å². The number of nitrogens with zero attached hydrogens (tertiary/aromatic N) is 2. The minimum atomic E-state index is -0.758. The Bertz CT molecular complexity index is 482. The Morgan fingerprint density at radius 3 is 2.33 bits per heavy atom. The van der Waals surface area contributed by atoms with E-state index in [1.807, 2.05) is 0 Å². The average molecular weight is 209 g/mol. The maximum atomic E-state index is 13.2. The number of aryl methyl sites for hydroxylation is 1. The summed E-state index contributed by atoms with van der Waals surface area (Å²) in [4.78, 5) is 0. The lowest BCUT2D eigenvalue weighted by Crippen LogP contribution is -1.98. The highest BCUT2D eigenvalue weighted by Crippen LogP contribution is 2.24. The molecule has 0 radical (unpaired) electrons. The number of hydrogen-bond donors (Lipinski definition) is 1. The van der Waals surface area contributed by atoms with E-state index in [0.29, 0.717) is 11.3 Å². The molecule has 2 N–H and O–H groups in total. The van der Waals surface area contributed by atoms with Crippen molar-refractivity contribution < 1.29 is 8.78 Å². The van der Waals surface area contributed by atoms with Crippen LogP contribution < -0.4 is 5.73 Å². The molecule has 0 spiro atoms. The number of benzene rings is 1. The Hall–Kier alpha value is -1.91. The Morgan fingerprint density at radius 1 is 1.27 bits per heavy atom. The van der Waals surface area contributed by atoms with Gasteiger partial charge in [-0.15, -0.1) is 0 Å². The third kappa shape index (κ3) is 1.56. The molecule has 0 bridgehead atoms. The zero-order valence-corrected chi connectivity index (χ0v) is 8.04. The number of rotatable bonds is 1. The average Bonchev–Trinajstić information content (AvgIpc) is 2.60. The van der Waals surface area contributed by atoms with E-state index in [2.05, 4.69) is 5.10 Å². The quantitative estimate of drug-likeness (QED) is 0.729. The van der Waals surface area contributed by atoms with E-state index in [0.717, 1.165) is 0 Å². The van der Waals surface area contributed by atoms with Gasteiger partial charge in [0.2, 0.25) is 0 Å². The zero-order valence-electron chi connectivity index (χ0n) is 8.04. The summed E-state index contributed by atoms with van der Waals surface area (Å²) in [5.74, 6) is -1.52. The van der Waals surface area contributed by atoms with Gasteiger partial charge in [0.1, 0.15) is 17.3 Å². The maximum Gasteiger partial charge on any atom is 0.149 e. The Kier molecular flexibility index (Phi) is 2.15. The van der Waals surface area contributed by atoms with Gasteiger partial charge in [-0.2, -0.15) is 5.10 Å². The van der Waals surface area contributed by atoms with E-state index in [1.54, 1.807) is 19.3 Å². The van der Waals surface area contributed by atoms with Gasteiger partial charge in [-0.05, 0) is 18.2 Å². The van der Waals surface area contributed by atoms with Crippen LogP contribution in [-0.2, 0) is 7.05 Å². The maximum absolute atomic E-state index is 13.2. The van der Waals surface area contributed by atoms with Crippen molar-refractivity contribution in [3.05, 3.63) is 36.0 Å². The van der Waals surface area contributed by atoms with Gasteiger partial charge in [-0.1, -0.05) is 0 Å². The molecular weight excluding hydrogens is 200 g/mol. The lowest BCUT2D eigenvalue weighted by atomic mass is 10.1. The van der Waals surface area contributed by atoms with E-state index in [-0.39, 0.29) is 0 Å². The Balaban J connectivity index is 2.60. The molecule has 0 aliphatic rings. The molecule has 2 aromatic rings. The Labute approximate surface area is 85.1 Å². The van der Waals surface area contributed by atoms with Crippen molar-refractivity contribution in [2.45, 2.75) is 0 Å². The van der Waals surface area contributed by atoms with Gasteiger partial charge in [0.15, 0.2) is 0 Å². The highest BCUT2D eigenvalue weighted by molar-refractivity contribution is 5.63. The van der Waals surface area contributed by atoms with Crippen molar-refractivity contribution in [2.75, 3.05) is 5.73 Å². The Morgan fingerprint density at radius 2 is 1.87 bits per heavy atom. The van der Waals surface area contributed by atoms with Crippen LogP contribution in [0, 0.1) is 11.6 Å². The molecule has 2 rings (SSSR count). The highest BCUT2D eigenvalue weighted by atomic mass is 19.1. The van der Waals surface area contributed by atoms with Gasteiger partial charge in [0, 0.05) is 18.8 Å². The van der Waals surface area contributed by atoms with Crippen molar-refractivity contribution in [1.82, 2.24) is 9.78 Å². The molecule has 5 heteroatoms. The van der Waals surface area contributed by atoms with E-state index >= 15 is 0 Å². The van der Waals surface area contributed by atoms with Gasteiger partial charge in [-0.25, -0.2) is 8.78 Å². The number of nitrogens with two attached hydrogens (primary N) is 1. The molecule has 1 aromatic heterocycles. The standard InChI is InChI=1S/C10H9F2N3/c1-15-9(2-3-14-15)6-4-7(11)10(13)8(12)5-6/h2-5H,13H2,1H3. The summed E-state index contributed by atoms with van der Waals surface area (Å²) in [7, 11) is 1.70. The second kappa shape index (κ2) is 3.34. The van der Waals surface area contributed by atoms with Crippen LogP contribution in [0.1, 0.15) is 0 Å². The predicted molar refractivity (Wildman–Crippen MR) is 53.0 cm³/mol. The first-order valence-corrected chi connectivity index (χ1v) is 4.32. The van der Waals surface area contributed by atoms with E-state index in [4.69, 9.17) is 5.73 Å². The monoisotopic (exact) mass is 209 g/mol. The van der Waals surface area contributed by atoms with Crippen LogP contribution in [0.2, 0.25) is 0 Å². The van der Waals surface area contributed by atoms with Crippen molar-refractivity contribution in [1.29, 1.82) is 0 Å². The highest BCUT2D eigenvalue weighted by Gasteiger charge is 2.10. The summed E-state index contributed by atoms with van der Waals surface area (Å²) in [6.45, 7) is 0. The van der Waals surface area contributed by atoms with Crippen molar-refractivity contribution in [3.63, 3.8) is 0 Å². The molecule has 78 valence electrons. The molecular formula is C10H9F2N3. The van der Waals surface area contributed by atoms with Crippen LogP contribution in [0.4, 0.5) is 14.5 Å². The molecule has 0 fully saturated rings. The molecule has 0 saturated carbocycles. The largest absolute Gasteiger partial charge is 0.394 e. The normalized spacial score (nSPS) is 10.6. The second-order valence-corrected chi connectivity index (χ2v) is 3.19. The van der Waals surface area contributed by atoms with Crippen LogP contribution in [0.15, 0.2) is 24.4 Å². The number of halogens is 2. The molecule has 0 saturated heterocycles. The lowest BCUT2D eigenvalue weighted by molar-refractivity contribution is 0.592. The fraction of sp³-hybridized carbons (Fsp3) is 0.100. The molecule has 0 atom stereocenters. The third-order valence-electron chi connectivity index (χ3n) is 2.20. The minimum absolute atomic E-state index is 0.416. The molecule has 0 aliphatic carbocycles. The molecule has 3 nitrogen and oxygen atoms in total. The molecule has 0 aliphatic heterocycles. The van der Waals surface area contributed by atoms with Crippen LogP contribution in [0.3, 0.4) is 0 Å². The van der Waals surface area contributed by atoms with Crippen molar-refractivity contribution in [3.8, 4) is 11.3 Å². The summed E-state index contributed by atoms with van der Waals surface area (Å²) >= 11 is 0. The van der Waals surface area contributed by atoms with Gasteiger partial charge in [-0.3, -0.25) is 4.68 Å². The van der Waals surface area contributed by atoms with E-state index < -0.39 is 17.3 Å². The lowest BCUT2D eigenvalue weighted by Gasteiger charge is -2.04. The fourth-order valence-corrected chi connectivity index (χ4v) is 1.39.